The number of rotatable bonds is 5. The van der Waals surface area contributed by atoms with E-state index in [2.05, 4.69) is 30.7 Å². The molecule has 4 nitrogen and oxygen atoms in total. The van der Waals surface area contributed by atoms with E-state index in [1.165, 1.54) is 0 Å². The maximum absolute atomic E-state index is 11.1. The van der Waals surface area contributed by atoms with E-state index in [-0.39, 0.29) is 6.04 Å². The lowest BCUT2D eigenvalue weighted by Crippen LogP contribution is -2.47. The maximum Gasteiger partial charge on any atom is 0.119 e. The van der Waals surface area contributed by atoms with E-state index in [9.17, 15) is 5.11 Å². The van der Waals surface area contributed by atoms with Crippen molar-refractivity contribution in [2.75, 3.05) is 13.7 Å². The molecule has 1 saturated heterocycles. The van der Waals surface area contributed by atoms with Crippen LogP contribution in [0, 0.1) is 17.8 Å². The van der Waals surface area contributed by atoms with E-state index in [1.807, 2.05) is 30.3 Å². The van der Waals surface area contributed by atoms with Crippen LogP contribution in [0.15, 0.2) is 43.1 Å². The summed E-state index contributed by atoms with van der Waals surface area (Å²) in [5.74, 6) is 2.32. The van der Waals surface area contributed by atoms with Gasteiger partial charge in [-0.25, -0.2) is 0 Å². The maximum atomic E-state index is 11.1. The van der Waals surface area contributed by atoms with Crippen LogP contribution in [0.4, 0.5) is 0 Å². The molecule has 0 aliphatic carbocycles. The number of benzene rings is 1. The van der Waals surface area contributed by atoms with Gasteiger partial charge < -0.3 is 15.2 Å². The Balaban J connectivity index is 1.91. The minimum Gasteiger partial charge on any atom is -0.497 e. The molecule has 1 aromatic carbocycles. The first-order valence-corrected chi connectivity index (χ1v) is 9.01. The number of fused-ring (bicyclic) bond motifs is 1. The molecule has 0 bridgehead atoms. The fraction of sp³-hybridized carbons (Fsp3) is 0.476. The summed E-state index contributed by atoms with van der Waals surface area (Å²) in [6.45, 7) is 9.35. The lowest BCUT2D eigenvalue weighted by Gasteiger charge is -2.40. The molecular weight excluding hydrogens is 312 g/mol. The predicted molar refractivity (Wildman–Crippen MR) is 102 cm³/mol. The first kappa shape index (κ1) is 17.9. The van der Waals surface area contributed by atoms with Crippen LogP contribution in [0.25, 0.3) is 10.9 Å². The van der Waals surface area contributed by atoms with Crippen molar-refractivity contribution in [1.29, 1.82) is 0 Å². The standard InChI is InChI=1S/C21H28N2O2/c1-5-14-12-23-20(11-17(14)13(2)3)21(24)16-8-9-22-19-7-6-15(25-4)10-18(16)19/h5-10,13-14,17,20-21,23-24H,1,11-12H2,2-4H3/t14-,17+,20+,21-/m0/s1. The minimum atomic E-state index is -0.579. The van der Waals surface area contributed by atoms with Crippen molar-refractivity contribution in [3.8, 4) is 5.75 Å². The third-order valence-electron chi connectivity index (χ3n) is 5.53. The Morgan fingerprint density at radius 3 is 2.84 bits per heavy atom. The van der Waals surface area contributed by atoms with Gasteiger partial charge in [0, 0.05) is 24.2 Å². The molecule has 1 aromatic heterocycles. The zero-order chi connectivity index (χ0) is 18.0. The van der Waals surface area contributed by atoms with Crippen LogP contribution in [0.2, 0.25) is 0 Å². The van der Waals surface area contributed by atoms with E-state index >= 15 is 0 Å². The van der Waals surface area contributed by atoms with Gasteiger partial charge in [-0.05, 0) is 54.0 Å². The Bertz CT molecular complexity index is 744. The second kappa shape index (κ2) is 7.54. The highest BCUT2D eigenvalue weighted by atomic mass is 16.5. The fourth-order valence-electron chi connectivity index (χ4n) is 4.00. The Hall–Kier alpha value is -1.91. The molecule has 0 amide bonds. The van der Waals surface area contributed by atoms with E-state index < -0.39 is 6.10 Å². The van der Waals surface area contributed by atoms with Crippen molar-refractivity contribution in [1.82, 2.24) is 10.3 Å². The highest BCUT2D eigenvalue weighted by molar-refractivity contribution is 5.83. The fourth-order valence-corrected chi connectivity index (χ4v) is 4.00. The van der Waals surface area contributed by atoms with Gasteiger partial charge in [0.15, 0.2) is 0 Å². The third-order valence-corrected chi connectivity index (χ3v) is 5.53. The second-order valence-corrected chi connectivity index (χ2v) is 7.29. The van der Waals surface area contributed by atoms with Crippen LogP contribution in [-0.2, 0) is 0 Å². The summed E-state index contributed by atoms with van der Waals surface area (Å²) in [7, 11) is 1.65. The van der Waals surface area contributed by atoms with Crippen LogP contribution < -0.4 is 10.1 Å². The van der Waals surface area contributed by atoms with Crippen LogP contribution >= 0.6 is 0 Å². The van der Waals surface area contributed by atoms with Gasteiger partial charge >= 0.3 is 0 Å². The summed E-state index contributed by atoms with van der Waals surface area (Å²) >= 11 is 0. The Morgan fingerprint density at radius 1 is 1.36 bits per heavy atom. The second-order valence-electron chi connectivity index (χ2n) is 7.29. The van der Waals surface area contributed by atoms with Gasteiger partial charge in [-0.2, -0.15) is 0 Å². The molecule has 1 aliphatic rings. The molecule has 4 atom stereocenters. The molecule has 134 valence electrons. The monoisotopic (exact) mass is 340 g/mol. The summed E-state index contributed by atoms with van der Waals surface area (Å²) < 4.78 is 5.34. The van der Waals surface area contributed by atoms with Crippen molar-refractivity contribution in [3.63, 3.8) is 0 Å². The van der Waals surface area contributed by atoms with Gasteiger partial charge in [-0.3, -0.25) is 4.98 Å². The van der Waals surface area contributed by atoms with E-state index in [0.717, 1.165) is 35.2 Å². The normalized spacial score (nSPS) is 25.1. The summed E-state index contributed by atoms with van der Waals surface area (Å²) in [5, 5.41) is 15.6. The zero-order valence-electron chi connectivity index (χ0n) is 15.3. The number of hydrogen-bond donors (Lipinski definition) is 2. The SMILES string of the molecule is C=C[C@H]1CN[C@@H]([C@@H](O)c2ccnc3ccc(OC)cc23)C[C@@H]1C(C)C. The number of nitrogens with zero attached hydrogens (tertiary/aromatic N) is 1. The number of ether oxygens (including phenoxy) is 1. The van der Waals surface area contributed by atoms with Crippen molar-refractivity contribution in [2.45, 2.75) is 32.4 Å². The van der Waals surface area contributed by atoms with Crippen LogP contribution in [-0.4, -0.2) is 29.8 Å². The molecule has 0 unspecified atom stereocenters. The van der Waals surface area contributed by atoms with E-state index in [0.29, 0.717) is 17.8 Å². The summed E-state index contributed by atoms with van der Waals surface area (Å²) in [6.07, 6.45) is 4.17. The molecular formula is C21H28N2O2. The number of aliphatic hydroxyl groups is 1. The minimum absolute atomic E-state index is 0.0281. The van der Waals surface area contributed by atoms with Crippen LogP contribution in [0.1, 0.15) is 31.9 Å². The topological polar surface area (TPSA) is 54.4 Å². The van der Waals surface area contributed by atoms with Crippen LogP contribution in [0.5, 0.6) is 5.75 Å². The van der Waals surface area contributed by atoms with Crippen molar-refractivity contribution in [2.24, 2.45) is 17.8 Å². The van der Waals surface area contributed by atoms with E-state index in [1.54, 1.807) is 13.3 Å². The first-order valence-electron chi connectivity index (χ1n) is 9.01. The van der Waals surface area contributed by atoms with Gasteiger partial charge in [-0.1, -0.05) is 19.9 Å². The number of hydrogen-bond acceptors (Lipinski definition) is 4. The van der Waals surface area contributed by atoms with Crippen LogP contribution in [0.3, 0.4) is 0 Å². The average Bonchev–Trinajstić information content (AvgIpc) is 2.65. The lowest BCUT2D eigenvalue weighted by atomic mass is 9.74. The number of pyridine rings is 1. The molecule has 2 heterocycles. The van der Waals surface area contributed by atoms with Crippen molar-refractivity contribution < 1.29 is 9.84 Å². The molecule has 0 spiro atoms. The highest BCUT2D eigenvalue weighted by Gasteiger charge is 2.34. The molecule has 2 aromatic rings. The molecule has 2 N–H and O–H groups in total. The van der Waals surface area contributed by atoms with Gasteiger partial charge in [0.05, 0.1) is 18.7 Å². The number of piperidine rings is 1. The molecule has 1 fully saturated rings. The number of nitrogens with one attached hydrogen (secondary N) is 1. The highest BCUT2D eigenvalue weighted by Crippen LogP contribution is 2.36. The lowest BCUT2D eigenvalue weighted by molar-refractivity contribution is 0.0762. The first-order chi connectivity index (χ1) is 12.0. The van der Waals surface area contributed by atoms with Gasteiger partial charge in [-0.15, -0.1) is 6.58 Å². The third kappa shape index (κ3) is 3.55. The number of aliphatic hydroxyl groups excluding tert-OH is 1. The zero-order valence-corrected chi connectivity index (χ0v) is 15.3. The smallest absolute Gasteiger partial charge is 0.119 e. The Morgan fingerprint density at radius 2 is 2.16 bits per heavy atom. The quantitative estimate of drug-likeness (QED) is 0.815. The number of aromatic nitrogens is 1. The Kier molecular flexibility index (Phi) is 5.40. The van der Waals surface area contributed by atoms with Gasteiger partial charge in [0.2, 0.25) is 0 Å². The van der Waals surface area contributed by atoms with Crippen molar-refractivity contribution in [3.05, 3.63) is 48.7 Å². The summed E-state index contributed by atoms with van der Waals surface area (Å²) in [6, 6.07) is 7.73. The van der Waals surface area contributed by atoms with Gasteiger partial charge in [0.1, 0.15) is 5.75 Å². The summed E-state index contributed by atoms with van der Waals surface area (Å²) in [4.78, 5) is 4.41. The largest absolute Gasteiger partial charge is 0.497 e. The molecule has 1 aliphatic heterocycles. The average molecular weight is 340 g/mol. The summed E-state index contributed by atoms with van der Waals surface area (Å²) in [5.41, 5.74) is 1.78. The van der Waals surface area contributed by atoms with Gasteiger partial charge in [0.25, 0.3) is 0 Å². The molecule has 0 saturated carbocycles. The Labute approximate surface area is 149 Å². The van der Waals surface area contributed by atoms with Crippen molar-refractivity contribution >= 4 is 10.9 Å². The predicted octanol–water partition coefficient (Wildman–Crippen LogP) is 3.71. The molecule has 3 rings (SSSR count). The number of methoxy groups -OCH3 is 1. The molecule has 0 radical (unpaired) electrons. The van der Waals surface area contributed by atoms with E-state index in [4.69, 9.17) is 4.74 Å². The molecule has 25 heavy (non-hydrogen) atoms. The molecule has 4 heteroatoms.